The van der Waals surface area contributed by atoms with Crippen molar-refractivity contribution < 1.29 is 0 Å². The molecule has 3 nitrogen and oxygen atoms in total. The topological polar surface area (TPSA) is 30.3 Å². The van der Waals surface area contributed by atoms with Crippen molar-refractivity contribution in [3.05, 3.63) is 54.1 Å². The van der Waals surface area contributed by atoms with E-state index in [2.05, 4.69) is 47.2 Å². The molecule has 2 fully saturated rings. The summed E-state index contributed by atoms with van der Waals surface area (Å²) in [5, 5.41) is 8.89. The Kier molecular flexibility index (Phi) is 3.55. The van der Waals surface area contributed by atoms with Gasteiger partial charge in [0.2, 0.25) is 0 Å². The van der Waals surface area contributed by atoms with Gasteiger partial charge in [-0.3, -0.25) is 0 Å². The monoisotopic (exact) mass is 303 g/mol. The molecule has 2 aromatic carbocycles. The first kappa shape index (κ1) is 14.3. The van der Waals surface area contributed by atoms with Crippen LogP contribution in [0.2, 0.25) is 0 Å². The highest BCUT2D eigenvalue weighted by molar-refractivity contribution is 5.67. The molecular formula is C20H21N3. The van der Waals surface area contributed by atoms with Gasteiger partial charge in [0.25, 0.3) is 0 Å². The first-order valence-corrected chi connectivity index (χ1v) is 8.30. The summed E-state index contributed by atoms with van der Waals surface area (Å²) in [7, 11) is 2.23. The van der Waals surface area contributed by atoms with Crippen LogP contribution in [0.4, 0.5) is 5.69 Å². The van der Waals surface area contributed by atoms with Gasteiger partial charge >= 0.3 is 0 Å². The van der Waals surface area contributed by atoms with Crippen molar-refractivity contribution in [3.63, 3.8) is 0 Å². The normalized spacial score (nSPS) is 23.7. The second-order valence-electron chi connectivity index (χ2n) is 6.77. The summed E-state index contributed by atoms with van der Waals surface area (Å²) in [4.78, 5) is 5.03. The van der Waals surface area contributed by atoms with Crippen molar-refractivity contribution in [2.24, 2.45) is 5.92 Å². The predicted molar refractivity (Wildman–Crippen MR) is 93.3 cm³/mol. The van der Waals surface area contributed by atoms with Crippen molar-refractivity contribution in [1.29, 1.82) is 5.26 Å². The van der Waals surface area contributed by atoms with E-state index in [-0.39, 0.29) is 0 Å². The van der Waals surface area contributed by atoms with E-state index in [0.29, 0.717) is 11.6 Å². The Morgan fingerprint density at radius 2 is 1.61 bits per heavy atom. The average Bonchev–Trinajstić information content (AvgIpc) is 3.14. The Balaban J connectivity index is 1.55. The van der Waals surface area contributed by atoms with Crippen molar-refractivity contribution in [1.82, 2.24) is 4.90 Å². The smallest absolute Gasteiger partial charge is 0.0991 e. The molecular weight excluding hydrogens is 282 g/mol. The third kappa shape index (κ3) is 2.60. The zero-order valence-electron chi connectivity index (χ0n) is 13.4. The molecule has 23 heavy (non-hydrogen) atoms. The highest BCUT2D eigenvalue weighted by Crippen LogP contribution is 2.35. The number of rotatable bonds is 2. The van der Waals surface area contributed by atoms with Crippen LogP contribution in [0.1, 0.15) is 12.0 Å². The molecule has 0 spiro atoms. The van der Waals surface area contributed by atoms with Gasteiger partial charge in [-0.1, -0.05) is 24.3 Å². The number of likely N-dealkylation sites (N-methyl/N-ethyl adjacent to an activating group) is 1. The lowest BCUT2D eigenvalue weighted by atomic mass is 10.0. The molecule has 4 rings (SSSR count). The summed E-state index contributed by atoms with van der Waals surface area (Å²) in [6.07, 6.45) is 1.31. The van der Waals surface area contributed by atoms with Gasteiger partial charge < -0.3 is 9.80 Å². The van der Waals surface area contributed by atoms with Gasteiger partial charge in [-0.05, 0) is 54.8 Å². The summed E-state index contributed by atoms with van der Waals surface area (Å²) in [6.45, 7) is 3.60. The van der Waals surface area contributed by atoms with Gasteiger partial charge in [-0.2, -0.15) is 5.26 Å². The molecule has 0 aromatic heterocycles. The minimum Gasteiger partial charge on any atom is -0.367 e. The van der Waals surface area contributed by atoms with Crippen LogP contribution in [0.5, 0.6) is 0 Å². The molecule has 0 N–H and O–H groups in total. The van der Waals surface area contributed by atoms with Crippen LogP contribution in [0.15, 0.2) is 48.5 Å². The minimum absolute atomic E-state index is 0.681. The standard InChI is InChI=1S/C20H21N3/c1-22-13-18-10-11-23(20(18)14-22)19-8-6-17(7-9-19)16-4-2-15(12-21)3-5-16/h2-9,18,20H,10-11,13-14H2,1H3. The van der Waals surface area contributed by atoms with Crippen molar-refractivity contribution in [3.8, 4) is 17.2 Å². The fraction of sp³-hybridized carbons (Fsp3) is 0.350. The van der Waals surface area contributed by atoms with Crippen LogP contribution in [0, 0.1) is 17.2 Å². The molecule has 116 valence electrons. The third-order valence-electron chi connectivity index (χ3n) is 5.28. The lowest BCUT2D eigenvalue weighted by molar-refractivity contribution is 0.386. The molecule has 2 saturated heterocycles. The van der Waals surface area contributed by atoms with Crippen LogP contribution >= 0.6 is 0 Å². The molecule has 2 heterocycles. The predicted octanol–water partition coefficient (Wildman–Crippen LogP) is 3.37. The van der Waals surface area contributed by atoms with E-state index in [1.807, 2.05) is 24.3 Å². The number of hydrogen-bond acceptors (Lipinski definition) is 3. The SMILES string of the molecule is CN1CC2CCN(c3ccc(-c4ccc(C#N)cc4)cc3)C2C1. The van der Waals surface area contributed by atoms with Crippen LogP contribution in [0.25, 0.3) is 11.1 Å². The fourth-order valence-electron chi connectivity index (χ4n) is 4.08. The van der Waals surface area contributed by atoms with Crippen LogP contribution < -0.4 is 4.90 Å². The maximum absolute atomic E-state index is 8.89. The largest absolute Gasteiger partial charge is 0.367 e. The van der Waals surface area contributed by atoms with E-state index in [0.717, 1.165) is 11.5 Å². The van der Waals surface area contributed by atoms with E-state index >= 15 is 0 Å². The Labute approximate surface area is 137 Å². The molecule has 0 aliphatic carbocycles. The average molecular weight is 303 g/mol. The summed E-state index contributed by atoms with van der Waals surface area (Å²) < 4.78 is 0. The van der Waals surface area contributed by atoms with Gasteiger partial charge in [0.15, 0.2) is 0 Å². The Morgan fingerprint density at radius 1 is 0.957 bits per heavy atom. The Bertz CT molecular complexity index is 727. The highest BCUT2D eigenvalue weighted by atomic mass is 15.3. The van der Waals surface area contributed by atoms with Gasteiger partial charge in [-0.15, -0.1) is 0 Å². The zero-order valence-corrected chi connectivity index (χ0v) is 13.4. The maximum atomic E-state index is 8.89. The quantitative estimate of drug-likeness (QED) is 0.852. The second-order valence-corrected chi connectivity index (χ2v) is 6.77. The number of anilines is 1. The van der Waals surface area contributed by atoms with Crippen molar-refractivity contribution >= 4 is 5.69 Å². The van der Waals surface area contributed by atoms with Gasteiger partial charge in [-0.25, -0.2) is 0 Å². The molecule has 3 heteroatoms. The number of likely N-dealkylation sites (tertiary alicyclic amines) is 1. The summed E-state index contributed by atoms with van der Waals surface area (Å²) in [5.41, 5.74) is 4.41. The number of benzene rings is 2. The summed E-state index contributed by atoms with van der Waals surface area (Å²) in [6, 6.07) is 19.5. The van der Waals surface area contributed by atoms with E-state index in [9.17, 15) is 0 Å². The molecule has 0 saturated carbocycles. The first-order valence-electron chi connectivity index (χ1n) is 8.30. The van der Waals surface area contributed by atoms with E-state index in [1.165, 1.54) is 37.3 Å². The van der Waals surface area contributed by atoms with Gasteiger partial charge in [0, 0.05) is 31.4 Å². The molecule has 2 aromatic rings. The number of nitriles is 1. The maximum Gasteiger partial charge on any atom is 0.0991 e. The van der Waals surface area contributed by atoms with Crippen LogP contribution in [0.3, 0.4) is 0 Å². The number of hydrogen-bond donors (Lipinski definition) is 0. The number of fused-ring (bicyclic) bond motifs is 1. The molecule has 0 radical (unpaired) electrons. The third-order valence-corrected chi connectivity index (χ3v) is 5.28. The van der Waals surface area contributed by atoms with Crippen molar-refractivity contribution in [2.45, 2.75) is 12.5 Å². The van der Waals surface area contributed by atoms with Gasteiger partial charge in [0.05, 0.1) is 11.6 Å². The van der Waals surface area contributed by atoms with Crippen LogP contribution in [-0.2, 0) is 0 Å². The Hall–Kier alpha value is -2.31. The first-order chi connectivity index (χ1) is 11.2. The fourth-order valence-corrected chi connectivity index (χ4v) is 4.08. The molecule has 2 aliphatic heterocycles. The van der Waals surface area contributed by atoms with E-state index < -0.39 is 0 Å². The van der Waals surface area contributed by atoms with Gasteiger partial charge in [0.1, 0.15) is 0 Å². The molecule has 2 aliphatic rings. The molecule has 2 atom stereocenters. The number of nitrogens with zero attached hydrogens (tertiary/aromatic N) is 3. The summed E-state index contributed by atoms with van der Waals surface area (Å²) in [5.74, 6) is 0.832. The molecule has 2 unspecified atom stereocenters. The zero-order chi connectivity index (χ0) is 15.8. The van der Waals surface area contributed by atoms with Crippen LogP contribution in [-0.4, -0.2) is 37.6 Å². The lowest BCUT2D eigenvalue weighted by Crippen LogP contribution is -2.34. The second kappa shape index (κ2) is 5.72. The Morgan fingerprint density at radius 3 is 2.26 bits per heavy atom. The van der Waals surface area contributed by atoms with Crippen molar-refractivity contribution in [2.75, 3.05) is 31.6 Å². The molecule has 0 amide bonds. The molecule has 0 bridgehead atoms. The van der Waals surface area contributed by atoms with E-state index in [4.69, 9.17) is 5.26 Å². The minimum atomic E-state index is 0.681. The van der Waals surface area contributed by atoms with E-state index in [1.54, 1.807) is 0 Å². The summed E-state index contributed by atoms with van der Waals surface area (Å²) >= 11 is 0. The lowest BCUT2D eigenvalue weighted by Gasteiger charge is -2.26. The highest BCUT2D eigenvalue weighted by Gasteiger charge is 2.39.